The quantitative estimate of drug-likeness (QED) is 0.383. The zero-order valence-electron chi connectivity index (χ0n) is 13.7. The molecule has 0 saturated carbocycles. The third-order valence-electron chi connectivity index (χ3n) is 3.26. The second kappa shape index (κ2) is 10.5. The van der Waals surface area contributed by atoms with E-state index in [1.54, 1.807) is 24.7 Å². The maximum Gasteiger partial charge on any atom is 0.191 e. The van der Waals surface area contributed by atoms with Crippen molar-refractivity contribution in [2.24, 2.45) is 4.99 Å². The number of thiazole rings is 1. The van der Waals surface area contributed by atoms with Gasteiger partial charge in [-0.05, 0) is 13.3 Å². The van der Waals surface area contributed by atoms with Crippen LogP contribution in [0.15, 0.2) is 17.5 Å². The predicted molar refractivity (Wildman–Crippen MR) is 105 cm³/mol. The van der Waals surface area contributed by atoms with Gasteiger partial charge in [-0.25, -0.2) is 4.98 Å². The number of hydrogen-bond acceptors (Lipinski definition) is 5. The van der Waals surface area contributed by atoms with E-state index in [1.165, 1.54) is 4.88 Å². The summed E-state index contributed by atoms with van der Waals surface area (Å²) in [4.78, 5) is 9.96. The highest BCUT2D eigenvalue weighted by molar-refractivity contribution is 14.0. The Labute approximate surface area is 158 Å². The number of guanidine groups is 1. The van der Waals surface area contributed by atoms with Crippen molar-refractivity contribution in [3.63, 3.8) is 0 Å². The van der Waals surface area contributed by atoms with E-state index in [2.05, 4.69) is 44.7 Å². The van der Waals surface area contributed by atoms with Gasteiger partial charge in [0.25, 0.3) is 0 Å². The van der Waals surface area contributed by atoms with E-state index in [4.69, 9.17) is 0 Å². The van der Waals surface area contributed by atoms with Gasteiger partial charge in [0.1, 0.15) is 6.33 Å². The smallest absolute Gasteiger partial charge is 0.191 e. The van der Waals surface area contributed by atoms with Crippen LogP contribution in [0.2, 0.25) is 0 Å². The maximum atomic E-state index is 4.42. The molecule has 0 amide bonds. The summed E-state index contributed by atoms with van der Waals surface area (Å²) in [7, 11) is 1.76. The van der Waals surface area contributed by atoms with E-state index in [0.29, 0.717) is 6.54 Å². The molecule has 2 heterocycles. The molecule has 0 spiro atoms. The summed E-state index contributed by atoms with van der Waals surface area (Å²) in [5.74, 6) is 1.66. The Bertz CT molecular complexity index is 608. The number of nitrogens with zero attached hydrogens (tertiary/aromatic N) is 5. The highest BCUT2D eigenvalue weighted by atomic mass is 127. The molecule has 0 bridgehead atoms. The average molecular weight is 449 g/mol. The van der Waals surface area contributed by atoms with Crippen LogP contribution in [-0.2, 0) is 25.9 Å². The second-order valence-corrected chi connectivity index (χ2v) is 5.91. The van der Waals surface area contributed by atoms with Crippen LogP contribution < -0.4 is 10.6 Å². The van der Waals surface area contributed by atoms with Crippen molar-refractivity contribution in [1.29, 1.82) is 0 Å². The Balaban J connectivity index is 0.00000264. The summed E-state index contributed by atoms with van der Waals surface area (Å²) in [6.07, 6.45) is 5.65. The minimum atomic E-state index is 0. The molecule has 9 heteroatoms. The van der Waals surface area contributed by atoms with E-state index < -0.39 is 0 Å². The van der Waals surface area contributed by atoms with Gasteiger partial charge in [0.15, 0.2) is 11.8 Å². The minimum absolute atomic E-state index is 0. The molecule has 2 rings (SSSR count). The number of halogens is 1. The average Bonchev–Trinajstić information content (AvgIpc) is 3.19. The fraction of sp³-hybridized carbons (Fsp3) is 0.571. The molecule has 2 aromatic heterocycles. The fourth-order valence-electron chi connectivity index (χ4n) is 1.98. The highest BCUT2D eigenvalue weighted by Crippen LogP contribution is 2.13. The predicted octanol–water partition coefficient (Wildman–Crippen LogP) is 1.84. The standard InChI is InChI=1S/C14H23N7S.HI/c1-4-11-8-17-13(22-11)6-7-16-14(15-3)18-9-12-20-19-10-21(12)5-2;/h8,10H,4-7,9H2,1-3H3,(H2,15,16,18);1H. The van der Waals surface area contributed by atoms with Gasteiger partial charge in [-0.1, -0.05) is 6.92 Å². The van der Waals surface area contributed by atoms with Crippen molar-refractivity contribution in [2.75, 3.05) is 13.6 Å². The zero-order chi connectivity index (χ0) is 15.8. The number of aromatic nitrogens is 4. The van der Waals surface area contributed by atoms with Crippen molar-refractivity contribution in [2.45, 2.75) is 39.8 Å². The first-order valence-corrected chi connectivity index (χ1v) is 8.33. The Morgan fingerprint density at radius 3 is 2.83 bits per heavy atom. The van der Waals surface area contributed by atoms with Crippen molar-refractivity contribution >= 4 is 41.3 Å². The third-order valence-corrected chi connectivity index (χ3v) is 4.46. The second-order valence-electron chi connectivity index (χ2n) is 4.71. The zero-order valence-corrected chi connectivity index (χ0v) is 16.9. The van der Waals surface area contributed by atoms with Crippen LogP contribution in [0, 0.1) is 0 Å². The molecule has 0 aromatic carbocycles. The van der Waals surface area contributed by atoms with Gasteiger partial charge in [-0.2, -0.15) is 0 Å². The molecule has 0 aliphatic rings. The first kappa shape index (κ1) is 19.8. The van der Waals surface area contributed by atoms with Gasteiger partial charge in [0.05, 0.1) is 11.6 Å². The Hall–Kier alpha value is -1.23. The monoisotopic (exact) mass is 449 g/mol. The molecule has 0 unspecified atom stereocenters. The number of hydrogen-bond donors (Lipinski definition) is 2. The topological polar surface area (TPSA) is 80.0 Å². The molecule has 0 fully saturated rings. The van der Waals surface area contributed by atoms with Gasteiger partial charge in [-0.15, -0.1) is 45.5 Å². The molecule has 2 N–H and O–H groups in total. The number of aryl methyl sites for hydroxylation is 2. The summed E-state index contributed by atoms with van der Waals surface area (Å²) >= 11 is 1.78. The van der Waals surface area contributed by atoms with Gasteiger partial charge in [0.2, 0.25) is 0 Å². The van der Waals surface area contributed by atoms with Crippen molar-refractivity contribution < 1.29 is 0 Å². The third kappa shape index (κ3) is 6.05. The van der Waals surface area contributed by atoms with E-state index >= 15 is 0 Å². The van der Waals surface area contributed by atoms with Crippen LogP contribution >= 0.6 is 35.3 Å². The van der Waals surface area contributed by atoms with Crippen LogP contribution in [0.25, 0.3) is 0 Å². The van der Waals surface area contributed by atoms with E-state index in [0.717, 1.165) is 42.7 Å². The normalized spacial score (nSPS) is 11.2. The maximum absolute atomic E-state index is 4.42. The first-order valence-electron chi connectivity index (χ1n) is 7.51. The summed E-state index contributed by atoms with van der Waals surface area (Å²) in [6.45, 7) is 6.48. The molecule has 2 aromatic rings. The number of nitrogens with one attached hydrogen (secondary N) is 2. The van der Waals surface area contributed by atoms with Crippen LogP contribution in [0.1, 0.15) is 29.6 Å². The highest BCUT2D eigenvalue weighted by Gasteiger charge is 2.05. The summed E-state index contributed by atoms with van der Waals surface area (Å²) in [5, 5.41) is 15.7. The number of rotatable bonds is 7. The molecular formula is C14H24IN7S. The number of aliphatic imine (C=N–C) groups is 1. The van der Waals surface area contributed by atoms with Gasteiger partial charge in [-0.3, -0.25) is 4.99 Å². The Morgan fingerprint density at radius 1 is 1.35 bits per heavy atom. The molecule has 0 radical (unpaired) electrons. The van der Waals surface area contributed by atoms with Crippen molar-refractivity contribution in [3.05, 3.63) is 28.2 Å². The lowest BCUT2D eigenvalue weighted by molar-refractivity contribution is 0.669. The first-order chi connectivity index (χ1) is 10.8. The summed E-state index contributed by atoms with van der Waals surface area (Å²) in [6, 6.07) is 0. The van der Waals surface area contributed by atoms with E-state index in [-0.39, 0.29) is 24.0 Å². The SMILES string of the molecule is CCc1cnc(CCNC(=NC)NCc2nncn2CC)s1.I. The summed E-state index contributed by atoms with van der Waals surface area (Å²) < 4.78 is 2.00. The van der Waals surface area contributed by atoms with Crippen LogP contribution in [0.5, 0.6) is 0 Å². The summed E-state index contributed by atoms with van der Waals surface area (Å²) in [5.41, 5.74) is 0. The van der Waals surface area contributed by atoms with Crippen molar-refractivity contribution in [1.82, 2.24) is 30.4 Å². The largest absolute Gasteiger partial charge is 0.356 e. The van der Waals surface area contributed by atoms with Gasteiger partial charge < -0.3 is 15.2 Å². The van der Waals surface area contributed by atoms with Gasteiger partial charge in [0, 0.05) is 37.6 Å². The fourth-order valence-corrected chi connectivity index (χ4v) is 2.84. The van der Waals surface area contributed by atoms with E-state index in [9.17, 15) is 0 Å². The Morgan fingerprint density at radius 2 is 2.17 bits per heavy atom. The molecule has 0 atom stereocenters. The lowest BCUT2D eigenvalue weighted by Gasteiger charge is -2.11. The molecule has 128 valence electrons. The van der Waals surface area contributed by atoms with Crippen LogP contribution in [0.3, 0.4) is 0 Å². The molecule has 0 aliphatic carbocycles. The molecule has 0 aliphatic heterocycles. The lowest BCUT2D eigenvalue weighted by Crippen LogP contribution is -2.38. The molecule has 0 saturated heterocycles. The molecule has 23 heavy (non-hydrogen) atoms. The van der Waals surface area contributed by atoms with Crippen LogP contribution in [-0.4, -0.2) is 39.3 Å². The van der Waals surface area contributed by atoms with E-state index in [1.807, 2.05) is 10.8 Å². The van der Waals surface area contributed by atoms with Crippen LogP contribution in [0.4, 0.5) is 0 Å². The van der Waals surface area contributed by atoms with Crippen molar-refractivity contribution in [3.8, 4) is 0 Å². The molecular weight excluding hydrogens is 425 g/mol. The van der Waals surface area contributed by atoms with Gasteiger partial charge >= 0.3 is 0 Å². The minimum Gasteiger partial charge on any atom is -0.356 e. The molecule has 7 nitrogen and oxygen atoms in total. The lowest BCUT2D eigenvalue weighted by atomic mass is 10.4. The Kier molecular flexibility index (Phi) is 9.07.